The molecule has 3 aromatic rings. The van der Waals surface area contributed by atoms with E-state index in [0.29, 0.717) is 35.8 Å². The first kappa shape index (κ1) is 21.5. The first-order chi connectivity index (χ1) is 16.6. The van der Waals surface area contributed by atoms with Crippen LogP contribution in [0.25, 0.3) is 0 Å². The summed E-state index contributed by atoms with van der Waals surface area (Å²) in [5, 5.41) is 5.72. The zero-order valence-electron chi connectivity index (χ0n) is 18.3. The molecule has 1 saturated heterocycles. The van der Waals surface area contributed by atoms with Crippen LogP contribution < -0.4 is 25.0 Å². The molecule has 8 nitrogen and oxygen atoms in total. The lowest BCUT2D eigenvalue weighted by atomic mass is 10.1. The van der Waals surface area contributed by atoms with Crippen LogP contribution in [0.3, 0.4) is 0 Å². The van der Waals surface area contributed by atoms with Gasteiger partial charge in [-0.3, -0.25) is 14.4 Å². The van der Waals surface area contributed by atoms with E-state index in [9.17, 15) is 14.4 Å². The number of hydrogen-bond donors (Lipinski definition) is 2. The van der Waals surface area contributed by atoms with E-state index < -0.39 is 5.92 Å². The summed E-state index contributed by atoms with van der Waals surface area (Å²) in [7, 11) is 0. The molecule has 2 aliphatic rings. The smallest absolute Gasteiger partial charge is 0.253 e. The first-order valence-electron chi connectivity index (χ1n) is 11.0. The molecular formula is C26H23N3O5. The monoisotopic (exact) mass is 457 g/mol. The summed E-state index contributed by atoms with van der Waals surface area (Å²) < 4.78 is 10.7. The Kier molecular flexibility index (Phi) is 5.86. The van der Waals surface area contributed by atoms with Crippen molar-refractivity contribution in [3.8, 4) is 11.5 Å². The van der Waals surface area contributed by atoms with Crippen molar-refractivity contribution in [1.82, 2.24) is 5.32 Å². The van der Waals surface area contributed by atoms with Gasteiger partial charge in [0, 0.05) is 25.2 Å². The zero-order chi connectivity index (χ0) is 23.5. The predicted octanol–water partition coefficient (Wildman–Crippen LogP) is 3.34. The normalized spacial score (nSPS) is 16.4. The largest absolute Gasteiger partial charge is 0.454 e. The van der Waals surface area contributed by atoms with E-state index in [2.05, 4.69) is 10.6 Å². The lowest BCUT2D eigenvalue weighted by molar-refractivity contribution is -0.122. The SMILES string of the molecule is O=C(NCc1ccc2c(c1)OCO2)c1ccccc1NC(=O)[C@@H]1CC(=O)N(c2ccccc2)C1. The zero-order valence-corrected chi connectivity index (χ0v) is 18.3. The fraction of sp³-hybridized carbons (Fsp3) is 0.192. The summed E-state index contributed by atoms with van der Waals surface area (Å²) in [6, 6.07) is 21.6. The van der Waals surface area contributed by atoms with Crippen LogP contribution in [-0.4, -0.2) is 31.1 Å². The van der Waals surface area contributed by atoms with E-state index in [1.807, 2.05) is 42.5 Å². The molecule has 2 N–H and O–H groups in total. The van der Waals surface area contributed by atoms with Crippen LogP contribution in [0.1, 0.15) is 22.3 Å². The number of hydrogen-bond acceptors (Lipinski definition) is 5. The minimum atomic E-state index is -0.502. The van der Waals surface area contributed by atoms with Gasteiger partial charge >= 0.3 is 0 Å². The maximum absolute atomic E-state index is 13.0. The maximum atomic E-state index is 13.0. The highest BCUT2D eigenvalue weighted by Crippen LogP contribution is 2.32. The molecule has 0 aromatic heterocycles. The van der Waals surface area contributed by atoms with Crippen LogP contribution in [0, 0.1) is 5.92 Å². The number of benzene rings is 3. The number of anilines is 2. The second kappa shape index (κ2) is 9.27. The number of carbonyl (C=O) groups is 3. The van der Waals surface area contributed by atoms with Gasteiger partial charge in [-0.25, -0.2) is 0 Å². The number of amides is 3. The van der Waals surface area contributed by atoms with Crippen LogP contribution in [0.2, 0.25) is 0 Å². The molecule has 2 aliphatic heterocycles. The van der Waals surface area contributed by atoms with Crippen LogP contribution in [0.15, 0.2) is 72.8 Å². The maximum Gasteiger partial charge on any atom is 0.253 e. The molecule has 3 aromatic carbocycles. The topological polar surface area (TPSA) is 97.0 Å². The fourth-order valence-electron chi connectivity index (χ4n) is 4.09. The Morgan fingerprint density at radius 1 is 0.941 bits per heavy atom. The lowest BCUT2D eigenvalue weighted by Crippen LogP contribution is -2.29. The van der Waals surface area contributed by atoms with Crippen LogP contribution in [0.4, 0.5) is 11.4 Å². The quantitative estimate of drug-likeness (QED) is 0.592. The number of para-hydroxylation sites is 2. The number of carbonyl (C=O) groups excluding carboxylic acids is 3. The predicted molar refractivity (Wildman–Crippen MR) is 126 cm³/mol. The molecule has 2 heterocycles. The van der Waals surface area contributed by atoms with Gasteiger partial charge in [-0.15, -0.1) is 0 Å². The van der Waals surface area contributed by atoms with Gasteiger partial charge in [0.05, 0.1) is 17.2 Å². The van der Waals surface area contributed by atoms with Crippen molar-refractivity contribution < 1.29 is 23.9 Å². The molecule has 0 aliphatic carbocycles. The summed E-state index contributed by atoms with van der Waals surface area (Å²) in [5.74, 6) is 0.123. The van der Waals surface area contributed by atoms with Gasteiger partial charge in [0.15, 0.2) is 11.5 Å². The average Bonchev–Trinajstić information content (AvgIpc) is 3.49. The average molecular weight is 457 g/mol. The van der Waals surface area contributed by atoms with Crippen LogP contribution in [0.5, 0.6) is 11.5 Å². The summed E-state index contributed by atoms with van der Waals surface area (Å²) >= 11 is 0. The molecule has 0 bridgehead atoms. The van der Waals surface area contributed by atoms with E-state index in [1.165, 1.54) is 0 Å². The second-order valence-corrected chi connectivity index (χ2v) is 8.15. The summed E-state index contributed by atoms with van der Waals surface area (Å²) in [6.07, 6.45) is 0.124. The Morgan fingerprint density at radius 2 is 1.71 bits per heavy atom. The Hall–Kier alpha value is -4.33. The first-order valence-corrected chi connectivity index (χ1v) is 11.0. The van der Waals surface area contributed by atoms with Crippen LogP contribution in [-0.2, 0) is 16.1 Å². The molecule has 34 heavy (non-hydrogen) atoms. The molecule has 0 saturated carbocycles. The summed E-state index contributed by atoms with van der Waals surface area (Å²) in [5.41, 5.74) is 2.39. The Bertz CT molecular complexity index is 1240. The lowest BCUT2D eigenvalue weighted by Gasteiger charge is -2.17. The number of nitrogens with zero attached hydrogens (tertiary/aromatic N) is 1. The van der Waals surface area contributed by atoms with E-state index in [-0.39, 0.29) is 30.9 Å². The molecule has 1 fully saturated rings. The van der Waals surface area contributed by atoms with Gasteiger partial charge in [-0.05, 0) is 42.0 Å². The molecule has 0 radical (unpaired) electrons. The Balaban J connectivity index is 1.23. The number of fused-ring (bicyclic) bond motifs is 1. The van der Waals surface area contributed by atoms with Gasteiger partial charge in [0.1, 0.15) is 0 Å². The van der Waals surface area contributed by atoms with Crippen molar-refractivity contribution in [2.75, 3.05) is 23.6 Å². The van der Waals surface area contributed by atoms with Crippen molar-refractivity contribution in [3.63, 3.8) is 0 Å². The second-order valence-electron chi connectivity index (χ2n) is 8.15. The van der Waals surface area contributed by atoms with Crippen molar-refractivity contribution in [1.29, 1.82) is 0 Å². The van der Waals surface area contributed by atoms with Gasteiger partial charge in [-0.2, -0.15) is 0 Å². The molecule has 3 amide bonds. The molecule has 172 valence electrons. The van der Waals surface area contributed by atoms with Gasteiger partial charge < -0.3 is 25.0 Å². The highest BCUT2D eigenvalue weighted by molar-refractivity contribution is 6.07. The molecule has 0 spiro atoms. The number of rotatable bonds is 6. The van der Waals surface area contributed by atoms with Crippen molar-refractivity contribution in [2.45, 2.75) is 13.0 Å². The van der Waals surface area contributed by atoms with Crippen molar-refractivity contribution in [3.05, 3.63) is 83.9 Å². The summed E-state index contributed by atoms with van der Waals surface area (Å²) in [6.45, 7) is 0.780. The highest BCUT2D eigenvalue weighted by Gasteiger charge is 2.35. The molecular weight excluding hydrogens is 434 g/mol. The molecule has 8 heteroatoms. The van der Waals surface area contributed by atoms with Crippen LogP contribution >= 0.6 is 0 Å². The minimum absolute atomic E-state index is 0.0962. The van der Waals surface area contributed by atoms with E-state index >= 15 is 0 Å². The van der Waals surface area contributed by atoms with Crippen molar-refractivity contribution in [2.24, 2.45) is 5.92 Å². The van der Waals surface area contributed by atoms with E-state index in [1.54, 1.807) is 35.2 Å². The Morgan fingerprint density at radius 3 is 2.56 bits per heavy atom. The number of ether oxygens (including phenoxy) is 2. The third-order valence-electron chi connectivity index (χ3n) is 5.88. The van der Waals surface area contributed by atoms with E-state index in [0.717, 1.165) is 11.3 Å². The minimum Gasteiger partial charge on any atom is -0.454 e. The number of nitrogens with one attached hydrogen (secondary N) is 2. The molecule has 5 rings (SSSR count). The standard InChI is InChI=1S/C26H23N3O5/c30-24-13-18(15-29(24)19-6-2-1-3-7-19)25(31)28-21-9-5-4-8-20(21)26(32)27-14-17-10-11-22-23(12-17)34-16-33-22/h1-12,18H,13-16H2,(H,27,32)(H,28,31)/t18-/m1/s1. The fourth-order valence-corrected chi connectivity index (χ4v) is 4.09. The van der Waals surface area contributed by atoms with Crippen molar-refractivity contribution >= 4 is 29.1 Å². The Labute approximate surface area is 196 Å². The third kappa shape index (κ3) is 4.43. The molecule has 1 atom stereocenters. The molecule has 0 unspecified atom stereocenters. The van der Waals surface area contributed by atoms with Gasteiger partial charge in [-0.1, -0.05) is 36.4 Å². The van der Waals surface area contributed by atoms with Gasteiger partial charge in [0.25, 0.3) is 5.91 Å². The highest BCUT2D eigenvalue weighted by atomic mass is 16.7. The summed E-state index contributed by atoms with van der Waals surface area (Å²) in [4.78, 5) is 39.9. The van der Waals surface area contributed by atoms with Gasteiger partial charge in [0.2, 0.25) is 18.6 Å². The third-order valence-corrected chi connectivity index (χ3v) is 5.88. The van der Waals surface area contributed by atoms with E-state index in [4.69, 9.17) is 9.47 Å².